The molecule has 1 saturated heterocycles. The standard InChI is InChI=1S/C22H18F4N4O3.C2HF3O2/c23-17-6-5-14(13-30-18-4-2-1-3-15(18)19(31)12-27-30)11-16(17)20(32)28-7-9-29(10-8-28)21(33)22(24,25)26;3-2(4,5)1(6)7/h1-6,11-12H,7-10,13H2;(H,6,7). The van der Waals surface area contributed by atoms with Crippen LogP contribution in [0.4, 0.5) is 36.4 Å². The topological polar surface area (TPSA) is 115 Å². The molecule has 2 heterocycles. The molecule has 1 atom stereocenters. The second kappa shape index (κ2) is 11.8. The summed E-state index contributed by atoms with van der Waals surface area (Å²) in [6, 6.07) is 11.0. The smallest absolute Gasteiger partial charge is 0.471 e. The van der Waals surface area contributed by atoms with E-state index in [1.807, 2.05) is 0 Å². The van der Waals surface area contributed by atoms with Crippen molar-refractivity contribution < 1.29 is 60.0 Å². The van der Waals surface area contributed by atoms with E-state index < -0.39 is 36.0 Å². The number of hydrogen-bond donors (Lipinski definition) is 1. The number of halogens is 7. The largest absolute Gasteiger partial charge is 0.542 e. The van der Waals surface area contributed by atoms with Crippen LogP contribution in [0.1, 0.15) is 26.3 Å². The summed E-state index contributed by atoms with van der Waals surface area (Å²) >= 11 is 0. The number of quaternary nitrogens is 1. The second-order valence-electron chi connectivity index (χ2n) is 8.47. The molecule has 0 aliphatic carbocycles. The van der Waals surface area contributed by atoms with Crippen molar-refractivity contribution >= 4 is 35.5 Å². The van der Waals surface area contributed by atoms with E-state index in [2.05, 4.69) is 5.10 Å². The van der Waals surface area contributed by atoms with Crippen molar-refractivity contribution in [1.29, 1.82) is 0 Å². The van der Waals surface area contributed by atoms with E-state index in [0.29, 0.717) is 26.7 Å². The van der Waals surface area contributed by atoms with Gasteiger partial charge in [-0.05, 0) is 18.2 Å². The fourth-order valence-corrected chi connectivity index (χ4v) is 3.87. The van der Waals surface area contributed by atoms with Gasteiger partial charge in [0.15, 0.2) is 5.69 Å². The number of para-hydroxylation sites is 1. The van der Waals surface area contributed by atoms with E-state index in [1.54, 1.807) is 24.3 Å². The fraction of sp³-hybridized carbons (Fsp3) is 0.292. The number of nitrogens with zero attached hydrogens (tertiary/aromatic N) is 3. The predicted octanol–water partition coefficient (Wildman–Crippen LogP) is 0.870. The summed E-state index contributed by atoms with van der Waals surface area (Å²) in [5.41, 5.74) is 1.54. The zero-order chi connectivity index (χ0) is 29.8. The molecule has 40 heavy (non-hydrogen) atoms. The fourth-order valence-electron chi connectivity index (χ4n) is 3.87. The van der Waals surface area contributed by atoms with Crippen molar-refractivity contribution in [2.75, 3.05) is 26.2 Å². The summed E-state index contributed by atoms with van der Waals surface area (Å²) in [5.74, 6) is -6.60. The molecule has 4 rings (SSSR count). The molecule has 2 aliphatic rings. The lowest BCUT2D eigenvalue weighted by atomic mass is 10.1. The number of ketones is 1. The van der Waals surface area contributed by atoms with Crippen LogP contribution in [0.5, 0.6) is 0 Å². The average Bonchev–Trinajstić information content (AvgIpc) is 2.90. The quantitative estimate of drug-likeness (QED) is 0.545. The number of alkyl halides is 6. The molecule has 1 N–H and O–H groups in total. The highest BCUT2D eigenvalue weighted by Gasteiger charge is 2.43. The molecule has 214 valence electrons. The maximum atomic E-state index is 14.5. The van der Waals surface area contributed by atoms with E-state index in [9.17, 15) is 45.1 Å². The Labute approximate surface area is 221 Å². The molecule has 0 bridgehead atoms. The SMILES string of the molecule is O=C([O-])C(F)(F)F.O=C1C=N[NH+](Cc2ccc(F)c(C(=O)N3CCN(C(=O)C(F)(F)F)CC3)c2)c2ccccc21. The Morgan fingerprint density at radius 3 is 2.05 bits per heavy atom. The number of aliphatic carboxylic acids is 1. The lowest BCUT2D eigenvalue weighted by Gasteiger charge is -2.35. The summed E-state index contributed by atoms with van der Waals surface area (Å²) in [5, 5.41) is 13.6. The van der Waals surface area contributed by atoms with Gasteiger partial charge in [0.1, 0.15) is 24.5 Å². The molecule has 1 fully saturated rings. The minimum absolute atomic E-state index is 0.137. The maximum Gasteiger partial charge on any atom is 0.471 e. The van der Waals surface area contributed by atoms with E-state index in [1.165, 1.54) is 23.2 Å². The number of carbonyl (C=O) groups is 4. The number of rotatable bonds is 3. The molecular weight excluding hydrogens is 557 g/mol. The van der Waals surface area contributed by atoms with Gasteiger partial charge in [0.25, 0.3) is 5.91 Å². The Balaban J connectivity index is 0.000000559. The number of Topliss-reactive ketones (excluding diaryl/α,β-unsaturated/α-hetero) is 1. The normalized spacial score (nSPS) is 17.1. The van der Waals surface area contributed by atoms with E-state index in [0.717, 1.165) is 6.07 Å². The third-order valence-electron chi connectivity index (χ3n) is 5.80. The predicted molar refractivity (Wildman–Crippen MR) is 120 cm³/mol. The van der Waals surface area contributed by atoms with Crippen molar-refractivity contribution in [3.05, 3.63) is 65.0 Å². The van der Waals surface area contributed by atoms with E-state index >= 15 is 0 Å². The molecule has 2 aromatic rings. The number of fused-ring (bicyclic) bond motifs is 1. The van der Waals surface area contributed by atoms with Gasteiger partial charge in [-0.2, -0.15) is 31.4 Å². The van der Waals surface area contributed by atoms with Crippen molar-refractivity contribution in [3.63, 3.8) is 0 Å². The Hall–Kier alpha value is -4.34. The number of piperazine rings is 1. The van der Waals surface area contributed by atoms with E-state index in [-0.39, 0.29) is 44.1 Å². The average molecular weight is 576 g/mol. The van der Waals surface area contributed by atoms with Crippen LogP contribution in [0, 0.1) is 5.82 Å². The number of carboxylic acids is 1. The molecule has 2 aliphatic heterocycles. The second-order valence-corrected chi connectivity index (χ2v) is 8.47. The molecule has 2 amide bonds. The molecule has 1 unspecified atom stereocenters. The number of amides is 2. The lowest BCUT2D eigenvalue weighted by molar-refractivity contribution is -0.854. The van der Waals surface area contributed by atoms with Crippen LogP contribution < -0.4 is 10.1 Å². The first-order valence-corrected chi connectivity index (χ1v) is 11.3. The van der Waals surface area contributed by atoms with Gasteiger partial charge in [-0.25, -0.2) is 4.39 Å². The molecule has 0 saturated carbocycles. The van der Waals surface area contributed by atoms with Gasteiger partial charge in [0.05, 0.1) is 11.1 Å². The van der Waals surface area contributed by atoms with Crippen molar-refractivity contribution in [3.8, 4) is 0 Å². The van der Waals surface area contributed by atoms with Crippen LogP contribution in [0.2, 0.25) is 0 Å². The number of hydrogen-bond acceptors (Lipinski definition) is 6. The van der Waals surface area contributed by atoms with Crippen LogP contribution >= 0.6 is 0 Å². The molecule has 0 radical (unpaired) electrons. The van der Waals surface area contributed by atoms with Crippen LogP contribution in [0.25, 0.3) is 0 Å². The molecule has 0 spiro atoms. The number of carboxylic acid groups (broad SMARTS) is 1. The maximum absolute atomic E-state index is 14.5. The van der Waals surface area contributed by atoms with Crippen LogP contribution in [-0.4, -0.2) is 78.1 Å². The summed E-state index contributed by atoms with van der Waals surface area (Å²) in [7, 11) is 0. The summed E-state index contributed by atoms with van der Waals surface area (Å²) in [4.78, 5) is 46.9. The lowest BCUT2D eigenvalue weighted by Crippen LogP contribution is -3.01. The van der Waals surface area contributed by atoms with Gasteiger partial charge in [-0.3, -0.25) is 14.4 Å². The van der Waals surface area contributed by atoms with E-state index in [4.69, 9.17) is 9.90 Å². The minimum atomic E-state index is -5.19. The summed E-state index contributed by atoms with van der Waals surface area (Å²) in [6.07, 6.45) is -8.95. The Bertz CT molecular complexity index is 1340. The minimum Gasteiger partial charge on any atom is -0.542 e. The first kappa shape index (κ1) is 30.2. The third kappa shape index (κ3) is 7.19. The highest BCUT2D eigenvalue weighted by molar-refractivity contribution is 6.36. The first-order chi connectivity index (χ1) is 18.6. The van der Waals surface area contributed by atoms with Gasteiger partial charge in [-0.15, -0.1) is 0 Å². The van der Waals surface area contributed by atoms with Crippen LogP contribution in [-0.2, 0) is 16.1 Å². The van der Waals surface area contributed by atoms with Crippen LogP contribution in [0.3, 0.4) is 0 Å². The summed E-state index contributed by atoms with van der Waals surface area (Å²) < 4.78 is 83.8. The monoisotopic (exact) mass is 576 g/mol. The van der Waals surface area contributed by atoms with Crippen molar-refractivity contribution in [2.45, 2.75) is 18.9 Å². The zero-order valence-corrected chi connectivity index (χ0v) is 20.2. The van der Waals surface area contributed by atoms with Gasteiger partial charge >= 0.3 is 18.3 Å². The highest BCUT2D eigenvalue weighted by atomic mass is 19.4. The van der Waals surface area contributed by atoms with Crippen LogP contribution in [0.15, 0.2) is 47.6 Å². The first-order valence-electron chi connectivity index (χ1n) is 11.3. The molecule has 16 heteroatoms. The van der Waals surface area contributed by atoms with Gasteiger partial charge in [0, 0.05) is 37.8 Å². The molecular formula is C24H19F7N4O5. The summed E-state index contributed by atoms with van der Waals surface area (Å²) in [6.45, 7) is -0.607. The molecule has 0 aromatic heterocycles. The molecule has 2 aromatic carbocycles. The van der Waals surface area contributed by atoms with Gasteiger partial charge in [0.2, 0.25) is 5.78 Å². The Kier molecular flexibility index (Phi) is 8.92. The van der Waals surface area contributed by atoms with Crippen molar-refractivity contribution in [2.24, 2.45) is 5.10 Å². The van der Waals surface area contributed by atoms with Gasteiger partial charge < -0.3 is 19.7 Å². The zero-order valence-electron chi connectivity index (χ0n) is 20.2. The Morgan fingerprint density at radius 2 is 1.48 bits per heavy atom. The number of carbonyl (C=O) groups excluding carboxylic acids is 4. The van der Waals surface area contributed by atoms with Crippen molar-refractivity contribution in [1.82, 2.24) is 9.80 Å². The Morgan fingerprint density at radius 1 is 0.900 bits per heavy atom. The third-order valence-corrected chi connectivity index (χ3v) is 5.80. The number of benzene rings is 2. The molecule has 9 nitrogen and oxygen atoms in total. The highest BCUT2D eigenvalue weighted by Crippen LogP contribution is 2.21. The van der Waals surface area contributed by atoms with Gasteiger partial charge in [-0.1, -0.05) is 23.3 Å². The number of nitrogens with one attached hydrogen (secondary N) is 1.